The maximum absolute atomic E-state index is 10.7. The van der Waals surface area contributed by atoms with E-state index < -0.39 is 4.92 Å². The summed E-state index contributed by atoms with van der Waals surface area (Å²) in [5.41, 5.74) is 1.07. The van der Waals surface area contributed by atoms with Crippen molar-refractivity contribution >= 4 is 5.69 Å². The highest BCUT2D eigenvalue weighted by Gasteiger charge is 2.08. The topological polar surface area (TPSA) is 56.0 Å². The maximum atomic E-state index is 10.7. The zero-order valence-corrected chi connectivity index (χ0v) is 15.3. The maximum Gasteiger partial charge on any atom is 0.288 e. The molecule has 1 rings (SSSR count). The molecule has 0 atom stereocenters. The highest BCUT2D eigenvalue weighted by atomic mass is 16.6. The Kier molecular flexibility index (Phi) is 9.07. The van der Waals surface area contributed by atoms with Crippen molar-refractivity contribution in [3.05, 3.63) is 34.1 Å². The minimum atomic E-state index is -0.445. The van der Waals surface area contributed by atoms with Gasteiger partial charge in [0.15, 0.2) is 0 Å². The highest BCUT2D eigenvalue weighted by Crippen LogP contribution is 2.22. The molecule has 0 aliphatic rings. The minimum Gasteiger partial charge on any atom is -0.258 e. The monoisotopic (exact) mass is 330 g/mol. The standard InChI is InChI=1S/C20H30N2O2/c1-20(2,3)14-12-10-8-6-4-5-7-9-11-13-18-15-19(22(23)24)17-21-16-18/h15-17H,4-10,12,14H2,1-3H3. The lowest BCUT2D eigenvalue weighted by Crippen LogP contribution is -2.03. The van der Waals surface area contributed by atoms with Gasteiger partial charge in [0.05, 0.1) is 4.92 Å². The molecule has 0 bridgehead atoms. The first-order valence-electron chi connectivity index (χ1n) is 8.97. The smallest absolute Gasteiger partial charge is 0.258 e. The van der Waals surface area contributed by atoms with Crippen LogP contribution in [0.3, 0.4) is 0 Å². The van der Waals surface area contributed by atoms with Crippen LogP contribution < -0.4 is 0 Å². The van der Waals surface area contributed by atoms with Crippen LogP contribution in [0.2, 0.25) is 0 Å². The van der Waals surface area contributed by atoms with E-state index in [4.69, 9.17) is 0 Å². The molecule has 1 heterocycles. The minimum absolute atomic E-state index is 0.00624. The summed E-state index contributed by atoms with van der Waals surface area (Å²) in [5.74, 6) is 6.04. The normalized spacial score (nSPS) is 11.0. The average molecular weight is 330 g/mol. The molecular weight excluding hydrogens is 300 g/mol. The number of nitro groups is 1. The Hall–Kier alpha value is -1.89. The van der Waals surface area contributed by atoms with E-state index in [0.717, 1.165) is 12.8 Å². The van der Waals surface area contributed by atoms with Gasteiger partial charge in [0.2, 0.25) is 0 Å². The molecule has 0 saturated heterocycles. The van der Waals surface area contributed by atoms with E-state index >= 15 is 0 Å². The number of pyridine rings is 1. The Morgan fingerprint density at radius 2 is 1.67 bits per heavy atom. The number of hydrogen-bond donors (Lipinski definition) is 0. The zero-order chi connectivity index (χ0) is 17.8. The summed E-state index contributed by atoms with van der Waals surface area (Å²) in [7, 11) is 0. The fourth-order valence-electron chi connectivity index (χ4n) is 2.51. The summed E-state index contributed by atoms with van der Waals surface area (Å²) in [6.07, 6.45) is 13.9. The van der Waals surface area contributed by atoms with Gasteiger partial charge in [0.25, 0.3) is 5.69 Å². The third-order valence-corrected chi connectivity index (χ3v) is 3.90. The van der Waals surface area contributed by atoms with E-state index in [2.05, 4.69) is 37.6 Å². The van der Waals surface area contributed by atoms with E-state index in [-0.39, 0.29) is 5.69 Å². The lowest BCUT2D eigenvalue weighted by molar-refractivity contribution is -0.385. The Bertz CT molecular complexity index is 565. The quantitative estimate of drug-likeness (QED) is 0.245. The Balaban J connectivity index is 2.07. The third kappa shape index (κ3) is 9.99. The van der Waals surface area contributed by atoms with E-state index in [9.17, 15) is 10.1 Å². The molecule has 1 aromatic heterocycles. The second kappa shape index (κ2) is 10.8. The molecule has 4 heteroatoms. The Morgan fingerprint density at radius 1 is 1.04 bits per heavy atom. The van der Waals surface area contributed by atoms with E-state index in [1.807, 2.05) is 0 Å². The average Bonchev–Trinajstić information content (AvgIpc) is 2.51. The van der Waals surface area contributed by atoms with Crippen LogP contribution in [0.5, 0.6) is 0 Å². The largest absolute Gasteiger partial charge is 0.288 e. The molecule has 0 amide bonds. The summed E-state index contributed by atoms with van der Waals surface area (Å²) in [6.45, 7) is 6.91. The third-order valence-electron chi connectivity index (χ3n) is 3.90. The van der Waals surface area contributed by atoms with Crippen LogP contribution in [0.15, 0.2) is 18.5 Å². The van der Waals surface area contributed by atoms with Crippen LogP contribution >= 0.6 is 0 Å². The van der Waals surface area contributed by atoms with Crippen LogP contribution in [0, 0.1) is 27.4 Å². The Morgan fingerprint density at radius 3 is 2.29 bits per heavy atom. The van der Waals surface area contributed by atoms with Gasteiger partial charge in [-0.1, -0.05) is 71.1 Å². The van der Waals surface area contributed by atoms with E-state index in [0.29, 0.717) is 11.0 Å². The summed E-state index contributed by atoms with van der Waals surface area (Å²) >= 11 is 0. The van der Waals surface area contributed by atoms with Gasteiger partial charge in [-0.25, -0.2) is 0 Å². The van der Waals surface area contributed by atoms with Gasteiger partial charge in [-0.15, -0.1) is 0 Å². The Labute approximate surface area is 146 Å². The molecule has 0 aromatic carbocycles. The summed E-state index contributed by atoms with van der Waals surface area (Å²) in [4.78, 5) is 14.1. The summed E-state index contributed by atoms with van der Waals surface area (Å²) in [6, 6.07) is 1.47. The van der Waals surface area contributed by atoms with Gasteiger partial charge in [-0.05, 0) is 18.3 Å². The van der Waals surface area contributed by atoms with Crippen LogP contribution in [0.1, 0.15) is 84.1 Å². The fraction of sp³-hybridized carbons (Fsp3) is 0.650. The van der Waals surface area contributed by atoms with Crippen molar-refractivity contribution in [2.24, 2.45) is 5.41 Å². The molecule has 132 valence electrons. The molecule has 0 unspecified atom stereocenters. The van der Waals surface area contributed by atoms with Gasteiger partial charge in [-0.2, -0.15) is 0 Å². The number of hydrogen-bond acceptors (Lipinski definition) is 3. The summed E-state index contributed by atoms with van der Waals surface area (Å²) < 4.78 is 0. The second-order valence-corrected chi connectivity index (χ2v) is 7.53. The van der Waals surface area contributed by atoms with Gasteiger partial charge in [0.1, 0.15) is 6.20 Å². The van der Waals surface area contributed by atoms with Crippen molar-refractivity contribution in [2.75, 3.05) is 0 Å². The van der Waals surface area contributed by atoms with Gasteiger partial charge >= 0.3 is 0 Å². The first-order chi connectivity index (χ1) is 11.4. The predicted octanol–water partition coefficient (Wildman–Crippen LogP) is 5.90. The van der Waals surface area contributed by atoms with Crippen molar-refractivity contribution in [3.63, 3.8) is 0 Å². The zero-order valence-electron chi connectivity index (χ0n) is 15.3. The molecule has 0 aliphatic heterocycles. The highest BCUT2D eigenvalue weighted by molar-refractivity contribution is 5.39. The van der Waals surface area contributed by atoms with E-state index in [1.165, 1.54) is 57.2 Å². The lowest BCUT2D eigenvalue weighted by atomic mass is 9.89. The summed E-state index contributed by atoms with van der Waals surface area (Å²) in [5, 5.41) is 10.7. The molecule has 1 aromatic rings. The van der Waals surface area contributed by atoms with Crippen LogP contribution in [0.25, 0.3) is 0 Å². The molecule has 0 saturated carbocycles. The molecule has 24 heavy (non-hydrogen) atoms. The molecule has 4 nitrogen and oxygen atoms in total. The van der Waals surface area contributed by atoms with Gasteiger partial charge in [-0.3, -0.25) is 15.1 Å². The van der Waals surface area contributed by atoms with Crippen LogP contribution in [-0.2, 0) is 0 Å². The number of aromatic nitrogens is 1. The van der Waals surface area contributed by atoms with E-state index in [1.54, 1.807) is 6.20 Å². The first-order valence-corrected chi connectivity index (χ1v) is 8.97. The SMILES string of the molecule is CC(C)(C)CCCCCCCCCC#Cc1cncc([N+](=O)[O-])c1. The van der Waals surface area contributed by atoms with Gasteiger partial charge in [0, 0.05) is 24.2 Å². The van der Waals surface area contributed by atoms with Crippen molar-refractivity contribution in [1.82, 2.24) is 4.98 Å². The van der Waals surface area contributed by atoms with Crippen LogP contribution in [0.4, 0.5) is 5.69 Å². The molecule has 0 fully saturated rings. The molecule has 0 spiro atoms. The van der Waals surface area contributed by atoms with Crippen molar-refractivity contribution in [1.29, 1.82) is 0 Å². The number of rotatable bonds is 9. The fourth-order valence-corrected chi connectivity index (χ4v) is 2.51. The molecule has 0 aliphatic carbocycles. The first kappa shape index (κ1) is 20.2. The van der Waals surface area contributed by atoms with Crippen molar-refractivity contribution in [3.8, 4) is 11.8 Å². The molecular formula is C20H30N2O2. The van der Waals surface area contributed by atoms with Gasteiger partial charge < -0.3 is 0 Å². The van der Waals surface area contributed by atoms with Crippen molar-refractivity contribution < 1.29 is 4.92 Å². The number of nitrogens with zero attached hydrogens (tertiary/aromatic N) is 2. The second-order valence-electron chi connectivity index (χ2n) is 7.53. The number of unbranched alkanes of at least 4 members (excludes halogenated alkanes) is 7. The molecule has 0 N–H and O–H groups in total. The predicted molar refractivity (Wildman–Crippen MR) is 98.8 cm³/mol. The van der Waals surface area contributed by atoms with Crippen LogP contribution in [-0.4, -0.2) is 9.91 Å². The van der Waals surface area contributed by atoms with Crippen molar-refractivity contribution in [2.45, 2.75) is 78.6 Å². The molecule has 0 radical (unpaired) electrons. The lowest BCUT2D eigenvalue weighted by Gasteiger charge is -2.17.